The molecule has 2 aromatic carbocycles. The lowest BCUT2D eigenvalue weighted by Gasteiger charge is -2.10. The van der Waals surface area contributed by atoms with Crippen LogP contribution in [0.5, 0.6) is 0 Å². The number of primary amides is 1. The van der Waals surface area contributed by atoms with Crippen molar-refractivity contribution in [1.82, 2.24) is 9.97 Å². The van der Waals surface area contributed by atoms with Gasteiger partial charge in [-0.25, -0.2) is 9.97 Å². The lowest BCUT2D eigenvalue weighted by molar-refractivity contribution is 0.100. The van der Waals surface area contributed by atoms with E-state index in [2.05, 4.69) is 15.3 Å². The van der Waals surface area contributed by atoms with E-state index in [0.717, 1.165) is 10.9 Å². The molecule has 0 radical (unpaired) electrons. The van der Waals surface area contributed by atoms with Crippen molar-refractivity contribution < 1.29 is 4.79 Å². The Bertz CT molecular complexity index is 850. The Morgan fingerprint density at radius 1 is 1.18 bits per heavy atom. The number of rotatable bonds is 4. The van der Waals surface area contributed by atoms with Crippen LogP contribution >= 0.6 is 11.6 Å². The molecule has 1 aromatic heterocycles. The molecule has 0 saturated carbocycles. The van der Waals surface area contributed by atoms with E-state index in [1.807, 2.05) is 30.3 Å². The highest BCUT2D eigenvalue weighted by atomic mass is 35.5. The molecule has 0 unspecified atom stereocenters. The van der Waals surface area contributed by atoms with Crippen LogP contribution in [0.25, 0.3) is 10.9 Å². The van der Waals surface area contributed by atoms with E-state index in [4.69, 9.17) is 17.3 Å². The molecule has 0 spiro atoms. The number of benzene rings is 2. The van der Waals surface area contributed by atoms with Crippen molar-refractivity contribution in [2.24, 2.45) is 5.73 Å². The molecular formula is C16H13ClN4O. The van der Waals surface area contributed by atoms with Crippen LogP contribution < -0.4 is 11.1 Å². The lowest BCUT2D eigenvalue weighted by Crippen LogP contribution is -2.12. The fourth-order valence-corrected chi connectivity index (χ4v) is 2.47. The second-order valence-corrected chi connectivity index (χ2v) is 5.21. The van der Waals surface area contributed by atoms with Crippen LogP contribution in [-0.4, -0.2) is 15.9 Å². The smallest absolute Gasteiger partial charge is 0.250 e. The van der Waals surface area contributed by atoms with Gasteiger partial charge in [-0.1, -0.05) is 29.8 Å². The number of hydrogen-bond acceptors (Lipinski definition) is 4. The quantitative estimate of drug-likeness (QED) is 0.776. The first-order valence-corrected chi connectivity index (χ1v) is 7.05. The lowest BCUT2D eigenvalue weighted by atomic mass is 10.1. The van der Waals surface area contributed by atoms with E-state index in [0.29, 0.717) is 28.5 Å². The highest BCUT2D eigenvalue weighted by Crippen LogP contribution is 2.22. The molecule has 1 amide bonds. The Morgan fingerprint density at radius 2 is 2.00 bits per heavy atom. The Hall–Kier alpha value is -2.66. The minimum atomic E-state index is -0.509. The topological polar surface area (TPSA) is 80.9 Å². The highest BCUT2D eigenvalue weighted by molar-refractivity contribution is 6.30. The number of hydrogen-bond donors (Lipinski definition) is 2. The van der Waals surface area contributed by atoms with Crippen LogP contribution in [0.3, 0.4) is 0 Å². The van der Waals surface area contributed by atoms with Gasteiger partial charge in [-0.05, 0) is 29.8 Å². The van der Waals surface area contributed by atoms with Crippen molar-refractivity contribution in [2.75, 3.05) is 5.32 Å². The number of carbonyl (C=O) groups is 1. The maximum Gasteiger partial charge on any atom is 0.250 e. The molecule has 0 bridgehead atoms. The number of anilines is 1. The van der Waals surface area contributed by atoms with Gasteiger partial charge in [0.1, 0.15) is 12.1 Å². The third-order valence-corrected chi connectivity index (χ3v) is 3.51. The molecule has 3 N–H and O–H groups in total. The number of carbonyl (C=O) groups excluding carboxylic acids is 1. The molecule has 3 rings (SSSR count). The first-order valence-electron chi connectivity index (χ1n) is 6.67. The van der Waals surface area contributed by atoms with Crippen LogP contribution in [-0.2, 0) is 6.54 Å². The van der Waals surface area contributed by atoms with Crippen molar-refractivity contribution >= 4 is 34.2 Å². The molecule has 0 atom stereocenters. The van der Waals surface area contributed by atoms with Crippen molar-refractivity contribution in [1.29, 1.82) is 0 Å². The number of fused-ring (bicyclic) bond motifs is 1. The summed E-state index contributed by atoms with van der Waals surface area (Å²) in [5.74, 6) is 0.137. The minimum absolute atomic E-state index is 0.380. The van der Waals surface area contributed by atoms with Gasteiger partial charge >= 0.3 is 0 Å². The van der Waals surface area contributed by atoms with E-state index in [1.54, 1.807) is 12.1 Å². The predicted molar refractivity (Wildman–Crippen MR) is 86.8 cm³/mol. The summed E-state index contributed by atoms with van der Waals surface area (Å²) in [5, 5.41) is 4.67. The molecule has 0 aliphatic rings. The van der Waals surface area contributed by atoms with E-state index >= 15 is 0 Å². The van der Waals surface area contributed by atoms with Gasteiger partial charge in [0.2, 0.25) is 0 Å². The third kappa shape index (κ3) is 2.84. The second kappa shape index (κ2) is 5.99. The summed E-state index contributed by atoms with van der Waals surface area (Å²) in [5.41, 5.74) is 7.33. The average Bonchev–Trinajstić information content (AvgIpc) is 2.52. The summed E-state index contributed by atoms with van der Waals surface area (Å²) in [7, 11) is 0. The zero-order valence-electron chi connectivity index (χ0n) is 11.6. The summed E-state index contributed by atoms with van der Waals surface area (Å²) >= 11 is 5.97. The van der Waals surface area contributed by atoms with Crippen molar-refractivity contribution in [3.63, 3.8) is 0 Å². The van der Waals surface area contributed by atoms with Gasteiger partial charge in [0.25, 0.3) is 5.91 Å². The first-order chi connectivity index (χ1) is 10.6. The Kier molecular flexibility index (Phi) is 3.89. The Labute approximate surface area is 132 Å². The Balaban J connectivity index is 1.94. The SMILES string of the molecule is NC(=O)c1cccc2c(NCc3cccc(Cl)c3)ncnc12. The number of para-hydroxylation sites is 1. The molecule has 0 aliphatic heterocycles. The van der Waals surface area contributed by atoms with Gasteiger partial charge in [-0.2, -0.15) is 0 Å². The van der Waals surface area contributed by atoms with Crippen LogP contribution in [0, 0.1) is 0 Å². The number of nitrogens with one attached hydrogen (secondary N) is 1. The summed E-state index contributed by atoms with van der Waals surface area (Å²) < 4.78 is 0. The van der Waals surface area contributed by atoms with Gasteiger partial charge in [0.05, 0.1) is 11.1 Å². The van der Waals surface area contributed by atoms with Crippen molar-refractivity contribution in [2.45, 2.75) is 6.54 Å². The Morgan fingerprint density at radius 3 is 2.77 bits per heavy atom. The predicted octanol–water partition coefficient (Wildman–Crippen LogP) is 2.99. The fourth-order valence-electron chi connectivity index (χ4n) is 2.26. The fraction of sp³-hybridized carbons (Fsp3) is 0.0625. The van der Waals surface area contributed by atoms with Gasteiger partial charge < -0.3 is 11.1 Å². The molecule has 3 aromatic rings. The molecule has 0 aliphatic carbocycles. The van der Waals surface area contributed by atoms with Gasteiger partial charge in [-0.3, -0.25) is 4.79 Å². The number of aromatic nitrogens is 2. The minimum Gasteiger partial charge on any atom is -0.366 e. The van der Waals surface area contributed by atoms with Gasteiger partial charge in [0, 0.05) is 17.0 Å². The summed E-state index contributed by atoms with van der Waals surface area (Å²) in [6.07, 6.45) is 1.41. The van der Waals surface area contributed by atoms with E-state index in [-0.39, 0.29) is 0 Å². The average molecular weight is 313 g/mol. The van der Waals surface area contributed by atoms with Gasteiger partial charge in [-0.15, -0.1) is 0 Å². The molecule has 0 fully saturated rings. The molecule has 0 saturated heterocycles. The maximum atomic E-state index is 11.5. The normalized spacial score (nSPS) is 10.6. The number of nitrogens with zero attached hydrogens (tertiary/aromatic N) is 2. The molecule has 1 heterocycles. The van der Waals surface area contributed by atoms with E-state index in [1.165, 1.54) is 6.33 Å². The number of halogens is 1. The number of amides is 1. The molecular weight excluding hydrogens is 300 g/mol. The van der Waals surface area contributed by atoms with Crippen LogP contribution in [0.1, 0.15) is 15.9 Å². The van der Waals surface area contributed by atoms with Gasteiger partial charge in [0.15, 0.2) is 0 Å². The first kappa shape index (κ1) is 14.3. The molecule has 6 heteroatoms. The summed E-state index contributed by atoms with van der Waals surface area (Å²) in [6.45, 7) is 0.563. The third-order valence-electron chi connectivity index (χ3n) is 3.28. The zero-order valence-corrected chi connectivity index (χ0v) is 12.3. The van der Waals surface area contributed by atoms with Crippen LogP contribution in [0.2, 0.25) is 5.02 Å². The summed E-state index contributed by atoms with van der Waals surface area (Å²) in [6, 6.07) is 12.8. The molecule has 5 nitrogen and oxygen atoms in total. The monoisotopic (exact) mass is 312 g/mol. The number of nitrogens with two attached hydrogens (primary N) is 1. The zero-order chi connectivity index (χ0) is 15.5. The van der Waals surface area contributed by atoms with Crippen molar-refractivity contribution in [3.8, 4) is 0 Å². The van der Waals surface area contributed by atoms with Crippen LogP contribution in [0.15, 0.2) is 48.8 Å². The largest absolute Gasteiger partial charge is 0.366 e. The van der Waals surface area contributed by atoms with Crippen LogP contribution in [0.4, 0.5) is 5.82 Å². The van der Waals surface area contributed by atoms with E-state index < -0.39 is 5.91 Å². The maximum absolute atomic E-state index is 11.5. The molecule has 22 heavy (non-hydrogen) atoms. The second-order valence-electron chi connectivity index (χ2n) is 4.77. The molecule has 110 valence electrons. The van der Waals surface area contributed by atoms with Crippen molar-refractivity contribution in [3.05, 3.63) is 64.9 Å². The standard InChI is InChI=1S/C16H13ClN4O/c17-11-4-1-3-10(7-11)8-19-16-13-6-2-5-12(15(18)22)14(13)20-9-21-16/h1-7,9H,8H2,(H2,18,22)(H,19,20,21). The van der Waals surface area contributed by atoms with E-state index in [9.17, 15) is 4.79 Å². The summed E-state index contributed by atoms with van der Waals surface area (Å²) in [4.78, 5) is 19.9. The highest BCUT2D eigenvalue weighted by Gasteiger charge is 2.10.